The summed E-state index contributed by atoms with van der Waals surface area (Å²) in [6.45, 7) is 0. The van der Waals surface area contributed by atoms with E-state index in [0.29, 0.717) is 0 Å². The van der Waals surface area contributed by atoms with Crippen molar-refractivity contribution in [2.45, 2.75) is 6.18 Å². The summed E-state index contributed by atoms with van der Waals surface area (Å²) in [5.74, 6) is 0.346. The molecule has 0 amide bonds. The minimum atomic E-state index is -4.37. The Balaban J connectivity index is 2.19. The van der Waals surface area contributed by atoms with E-state index in [4.69, 9.17) is 4.74 Å². The number of para-hydroxylation sites is 2. The van der Waals surface area contributed by atoms with Gasteiger partial charge in [0, 0.05) is 0 Å². The number of aromatic hydroxyl groups is 1. The molecule has 0 aliphatic rings. The molecule has 0 spiro atoms. The second kappa shape index (κ2) is 4.60. The van der Waals surface area contributed by atoms with Crippen LogP contribution in [0.4, 0.5) is 13.2 Å². The van der Waals surface area contributed by atoms with Gasteiger partial charge < -0.3 is 9.84 Å². The Morgan fingerprint density at radius 2 is 1.50 bits per heavy atom. The highest BCUT2D eigenvalue weighted by atomic mass is 19.4. The first kappa shape index (κ1) is 12.3. The Morgan fingerprint density at radius 3 is 2.06 bits per heavy atom. The van der Waals surface area contributed by atoms with Gasteiger partial charge in [0.1, 0.15) is 5.75 Å². The van der Waals surface area contributed by atoms with E-state index in [0.717, 1.165) is 12.1 Å². The molecule has 18 heavy (non-hydrogen) atoms. The zero-order valence-corrected chi connectivity index (χ0v) is 9.11. The lowest BCUT2D eigenvalue weighted by Crippen LogP contribution is -2.03. The first-order valence-electron chi connectivity index (χ1n) is 5.10. The summed E-state index contributed by atoms with van der Waals surface area (Å²) >= 11 is 0. The van der Waals surface area contributed by atoms with Crippen LogP contribution in [0.2, 0.25) is 0 Å². The lowest BCUT2D eigenvalue weighted by atomic mass is 10.2. The average molecular weight is 254 g/mol. The van der Waals surface area contributed by atoms with Crippen LogP contribution in [-0.2, 0) is 6.18 Å². The van der Waals surface area contributed by atoms with Crippen LogP contribution < -0.4 is 4.74 Å². The highest BCUT2D eigenvalue weighted by molar-refractivity contribution is 5.42. The smallest absolute Gasteiger partial charge is 0.416 e. The van der Waals surface area contributed by atoms with Gasteiger partial charge in [-0.15, -0.1) is 0 Å². The molecule has 2 rings (SSSR count). The molecule has 94 valence electrons. The Hall–Kier alpha value is -2.17. The van der Waals surface area contributed by atoms with Crippen molar-refractivity contribution in [2.75, 3.05) is 0 Å². The van der Waals surface area contributed by atoms with Crippen LogP contribution >= 0.6 is 0 Å². The van der Waals surface area contributed by atoms with E-state index in [-0.39, 0.29) is 17.2 Å². The van der Waals surface area contributed by atoms with E-state index in [1.165, 1.54) is 24.3 Å². The van der Waals surface area contributed by atoms with E-state index in [1.807, 2.05) is 0 Å². The number of phenolic OH excluding ortho intramolecular Hbond substituents is 1. The van der Waals surface area contributed by atoms with E-state index >= 15 is 0 Å². The topological polar surface area (TPSA) is 29.5 Å². The maximum absolute atomic E-state index is 12.3. The van der Waals surface area contributed by atoms with Crippen LogP contribution in [0, 0.1) is 0 Å². The van der Waals surface area contributed by atoms with E-state index in [2.05, 4.69) is 0 Å². The third kappa shape index (κ3) is 2.74. The van der Waals surface area contributed by atoms with Gasteiger partial charge in [-0.3, -0.25) is 0 Å². The molecule has 5 heteroatoms. The molecule has 0 aliphatic heterocycles. The van der Waals surface area contributed by atoms with Crippen LogP contribution in [0.3, 0.4) is 0 Å². The largest absolute Gasteiger partial charge is 0.504 e. The van der Waals surface area contributed by atoms with Gasteiger partial charge in [-0.05, 0) is 36.4 Å². The van der Waals surface area contributed by atoms with Crippen molar-refractivity contribution >= 4 is 0 Å². The number of rotatable bonds is 2. The number of phenols is 1. The van der Waals surface area contributed by atoms with Gasteiger partial charge in [0.05, 0.1) is 5.56 Å². The monoisotopic (exact) mass is 254 g/mol. The van der Waals surface area contributed by atoms with Gasteiger partial charge in [-0.1, -0.05) is 12.1 Å². The molecule has 0 radical (unpaired) electrons. The Bertz CT molecular complexity index is 533. The highest BCUT2D eigenvalue weighted by Crippen LogP contribution is 2.33. The van der Waals surface area contributed by atoms with Crippen molar-refractivity contribution in [3.63, 3.8) is 0 Å². The quantitative estimate of drug-likeness (QED) is 0.870. The number of hydrogen-bond donors (Lipinski definition) is 1. The van der Waals surface area contributed by atoms with Crippen molar-refractivity contribution in [2.24, 2.45) is 0 Å². The summed E-state index contributed by atoms with van der Waals surface area (Å²) in [5.41, 5.74) is -0.743. The summed E-state index contributed by atoms with van der Waals surface area (Å²) in [6.07, 6.45) is -4.37. The Labute approximate surface area is 101 Å². The average Bonchev–Trinajstić information content (AvgIpc) is 2.32. The zero-order chi connectivity index (χ0) is 13.2. The molecule has 0 unspecified atom stereocenters. The SMILES string of the molecule is Oc1ccccc1Oc1ccc(C(F)(F)F)cc1. The van der Waals surface area contributed by atoms with E-state index in [1.54, 1.807) is 12.1 Å². The molecule has 0 aliphatic carbocycles. The molecule has 2 aromatic rings. The fraction of sp³-hybridized carbons (Fsp3) is 0.0769. The summed E-state index contributed by atoms with van der Waals surface area (Å²) in [5, 5.41) is 9.45. The van der Waals surface area contributed by atoms with Crippen molar-refractivity contribution in [3.8, 4) is 17.2 Å². The van der Waals surface area contributed by atoms with Gasteiger partial charge in [0.25, 0.3) is 0 Å². The summed E-state index contributed by atoms with van der Waals surface area (Å²) < 4.78 is 42.2. The standard InChI is InChI=1S/C13H9F3O2/c14-13(15,16)9-5-7-10(8-6-9)18-12-4-2-1-3-11(12)17/h1-8,17H. The molecular formula is C13H9F3O2. The second-order valence-corrected chi connectivity index (χ2v) is 3.59. The van der Waals surface area contributed by atoms with Gasteiger partial charge in [-0.2, -0.15) is 13.2 Å². The van der Waals surface area contributed by atoms with Crippen molar-refractivity contribution in [1.29, 1.82) is 0 Å². The molecule has 2 nitrogen and oxygen atoms in total. The second-order valence-electron chi connectivity index (χ2n) is 3.59. The Morgan fingerprint density at radius 1 is 0.889 bits per heavy atom. The summed E-state index contributed by atoms with van der Waals surface area (Å²) in [7, 11) is 0. The van der Waals surface area contributed by atoms with Crippen LogP contribution in [0.5, 0.6) is 17.2 Å². The van der Waals surface area contributed by atoms with Crippen LogP contribution in [0.15, 0.2) is 48.5 Å². The molecule has 0 fully saturated rings. The fourth-order valence-corrected chi connectivity index (χ4v) is 1.38. The van der Waals surface area contributed by atoms with Gasteiger partial charge in [0.15, 0.2) is 11.5 Å². The third-order valence-corrected chi connectivity index (χ3v) is 2.27. The fourth-order valence-electron chi connectivity index (χ4n) is 1.38. The lowest BCUT2D eigenvalue weighted by Gasteiger charge is -2.09. The molecule has 0 heterocycles. The van der Waals surface area contributed by atoms with E-state index in [9.17, 15) is 18.3 Å². The maximum Gasteiger partial charge on any atom is 0.416 e. The number of alkyl halides is 3. The number of hydrogen-bond acceptors (Lipinski definition) is 2. The van der Waals surface area contributed by atoms with Gasteiger partial charge in [-0.25, -0.2) is 0 Å². The lowest BCUT2D eigenvalue weighted by molar-refractivity contribution is -0.137. The molecule has 0 atom stereocenters. The van der Waals surface area contributed by atoms with Crippen LogP contribution in [0.25, 0.3) is 0 Å². The number of halogens is 3. The summed E-state index contributed by atoms with van der Waals surface area (Å²) in [6, 6.07) is 10.5. The first-order valence-corrected chi connectivity index (χ1v) is 5.10. The molecule has 0 bridgehead atoms. The Kier molecular flexibility index (Phi) is 3.14. The molecule has 1 N–H and O–H groups in total. The maximum atomic E-state index is 12.3. The first-order chi connectivity index (χ1) is 8.47. The predicted octanol–water partition coefficient (Wildman–Crippen LogP) is 4.20. The van der Waals surface area contributed by atoms with Gasteiger partial charge >= 0.3 is 6.18 Å². The molecule has 2 aromatic carbocycles. The predicted molar refractivity (Wildman–Crippen MR) is 59.6 cm³/mol. The number of ether oxygens (including phenoxy) is 1. The van der Waals surface area contributed by atoms with Crippen molar-refractivity contribution in [1.82, 2.24) is 0 Å². The van der Waals surface area contributed by atoms with Crippen LogP contribution in [0.1, 0.15) is 5.56 Å². The van der Waals surface area contributed by atoms with E-state index < -0.39 is 11.7 Å². The molecular weight excluding hydrogens is 245 g/mol. The summed E-state index contributed by atoms with van der Waals surface area (Å²) in [4.78, 5) is 0. The minimum absolute atomic E-state index is 0.0719. The van der Waals surface area contributed by atoms with Crippen molar-refractivity contribution < 1.29 is 23.0 Å². The zero-order valence-electron chi connectivity index (χ0n) is 9.11. The minimum Gasteiger partial charge on any atom is -0.504 e. The molecule has 0 saturated heterocycles. The molecule has 0 aromatic heterocycles. The highest BCUT2D eigenvalue weighted by Gasteiger charge is 2.30. The van der Waals surface area contributed by atoms with Crippen LogP contribution in [-0.4, -0.2) is 5.11 Å². The molecule has 0 saturated carbocycles. The van der Waals surface area contributed by atoms with Gasteiger partial charge in [0.2, 0.25) is 0 Å². The number of benzene rings is 2. The van der Waals surface area contributed by atoms with Crippen molar-refractivity contribution in [3.05, 3.63) is 54.1 Å². The normalized spacial score (nSPS) is 11.3. The third-order valence-electron chi connectivity index (χ3n) is 2.27.